The maximum Gasteiger partial charge on any atom is 0.270 e. The van der Waals surface area contributed by atoms with Crippen LogP contribution in [-0.2, 0) is 9.05 Å². The summed E-state index contributed by atoms with van der Waals surface area (Å²) in [5.74, 6) is 0. The summed E-state index contributed by atoms with van der Waals surface area (Å²) in [4.78, 5) is 30.6. The van der Waals surface area contributed by atoms with Gasteiger partial charge in [-0.05, 0) is 22.6 Å². The predicted octanol–water partition coefficient (Wildman–Crippen LogP) is 10.3. The van der Waals surface area contributed by atoms with Crippen LogP contribution in [0.25, 0.3) is 0 Å². The first-order chi connectivity index (χ1) is 19.1. The highest BCUT2D eigenvalue weighted by Crippen LogP contribution is 2.45. The van der Waals surface area contributed by atoms with Gasteiger partial charge in [0.15, 0.2) is 0 Å². The molecule has 3 rings (SSSR count). The second-order valence-electron chi connectivity index (χ2n) is 6.49. The van der Waals surface area contributed by atoms with Gasteiger partial charge in [-0.25, -0.2) is 8.42 Å². The first-order valence-electron chi connectivity index (χ1n) is 10.8. The fraction of sp³-hybridized carbons (Fsp3) is 0.182. The van der Waals surface area contributed by atoms with Gasteiger partial charge in [0.2, 0.25) is 0 Å². The summed E-state index contributed by atoms with van der Waals surface area (Å²) in [6, 6.07) is 11.1. The minimum absolute atomic E-state index is 0.0855. The molecule has 0 aliphatic rings. The lowest BCUT2D eigenvalue weighted by Gasteiger charge is -2.05. The van der Waals surface area contributed by atoms with E-state index in [0.29, 0.717) is 19.8 Å². The van der Waals surface area contributed by atoms with E-state index in [-0.39, 0.29) is 22.1 Å². The van der Waals surface area contributed by atoms with Crippen LogP contribution >= 0.6 is 89.7 Å². The first kappa shape index (κ1) is 39.4. The van der Waals surface area contributed by atoms with E-state index in [1.54, 1.807) is 0 Å². The molecule has 0 aliphatic carbocycles. The zero-order chi connectivity index (χ0) is 31.9. The number of nitro groups is 3. The number of benzene rings is 3. The Hall–Kier alpha value is -1.60. The molecule has 0 radical (unpaired) electrons. The highest BCUT2D eigenvalue weighted by Gasteiger charge is 2.19. The highest BCUT2D eigenvalue weighted by molar-refractivity contribution is 14.1. The van der Waals surface area contributed by atoms with E-state index in [4.69, 9.17) is 45.5 Å². The molecule has 0 bridgehead atoms. The van der Waals surface area contributed by atoms with Gasteiger partial charge < -0.3 is 0 Å². The number of alkyl halides is 1. The van der Waals surface area contributed by atoms with Crippen LogP contribution in [0.3, 0.4) is 0 Å². The molecule has 0 atom stereocenters. The fourth-order valence-corrected chi connectivity index (χ4v) is 6.63. The van der Waals surface area contributed by atoms with Crippen LogP contribution in [0.1, 0.15) is 20.8 Å². The van der Waals surface area contributed by atoms with E-state index in [0.717, 1.165) is 39.8 Å². The maximum atomic E-state index is 10.9. The Labute approximate surface area is 276 Å². The van der Waals surface area contributed by atoms with Crippen LogP contribution in [0.2, 0.25) is 15.1 Å². The molecule has 0 fully saturated rings. The van der Waals surface area contributed by atoms with Crippen molar-refractivity contribution in [3.8, 4) is 0 Å². The van der Waals surface area contributed by atoms with Crippen LogP contribution in [0.4, 0.5) is 17.1 Å². The van der Waals surface area contributed by atoms with Gasteiger partial charge >= 0.3 is 0 Å². The third kappa shape index (κ3) is 13.9. The van der Waals surface area contributed by atoms with Crippen molar-refractivity contribution in [2.45, 2.75) is 35.5 Å². The smallest absolute Gasteiger partial charge is 0.258 e. The molecule has 224 valence electrons. The average molecular weight is 819 g/mol. The predicted molar refractivity (Wildman–Crippen MR) is 175 cm³/mol. The van der Waals surface area contributed by atoms with Crippen LogP contribution in [0, 0.1) is 30.3 Å². The number of nitrogens with zero attached hydrogens (tertiary/aromatic N) is 3. The summed E-state index contributed by atoms with van der Waals surface area (Å²) in [5.41, 5.74) is -0.552. The quantitative estimate of drug-likeness (QED) is 0.0560. The van der Waals surface area contributed by atoms with Gasteiger partial charge in [-0.15, -0.1) is 0 Å². The van der Waals surface area contributed by atoms with E-state index < -0.39 is 28.7 Å². The number of hydrogen-bond donors (Lipinski definition) is 0. The van der Waals surface area contributed by atoms with Crippen LogP contribution < -0.4 is 0 Å². The van der Waals surface area contributed by atoms with E-state index in [1.807, 2.05) is 13.8 Å². The second kappa shape index (κ2) is 19.6. The van der Waals surface area contributed by atoms with E-state index >= 15 is 0 Å². The van der Waals surface area contributed by atoms with Crippen LogP contribution in [-0.4, -0.2) is 27.6 Å². The van der Waals surface area contributed by atoms with Crippen LogP contribution in [0.5, 0.6) is 0 Å². The number of nitro benzene ring substituents is 3. The molecule has 11 nitrogen and oxygen atoms in total. The zero-order valence-electron chi connectivity index (χ0n) is 21.1. The van der Waals surface area contributed by atoms with Crippen molar-refractivity contribution >= 4 is 116 Å². The summed E-state index contributed by atoms with van der Waals surface area (Å²) < 4.78 is 23.0. The first-order valence-corrected chi connectivity index (χ1v) is 17.9. The minimum Gasteiger partial charge on any atom is -0.258 e. The van der Waals surface area contributed by atoms with Gasteiger partial charge in [0, 0.05) is 56.9 Å². The molecule has 0 amide bonds. The molecule has 0 saturated carbocycles. The molecule has 0 spiro atoms. The Morgan fingerprint density at radius 3 is 1.29 bits per heavy atom. The van der Waals surface area contributed by atoms with E-state index in [9.17, 15) is 38.8 Å². The molecule has 19 heteroatoms. The summed E-state index contributed by atoms with van der Waals surface area (Å²) in [5, 5.41) is 32.4. The number of hydrogen-bond acceptors (Lipinski definition) is 10. The lowest BCUT2D eigenvalue weighted by molar-refractivity contribution is -0.385. The molecule has 0 aliphatic heterocycles. The normalized spacial score (nSPS) is 10.0. The molecule has 0 saturated heterocycles. The fourth-order valence-electron chi connectivity index (χ4n) is 2.22. The Morgan fingerprint density at radius 1 is 0.707 bits per heavy atom. The Morgan fingerprint density at radius 2 is 1.00 bits per heavy atom. The van der Waals surface area contributed by atoms with Crippen molar-refractivity contribution in [1.29, 1.82) is 0 Å². The van der Waals surface area contributed by atoms with Crippen molar-refractivity contribution in [3.63, 3.8) is 0 Å². The Bertz CT molecular complexity index is 1420. The summed E-state index contributed by atoms with van der Waals surface area (Å²) in [7, 11) is 3.23. The average Bonchev–Trinajstić information content (AvgIpc) is 2.90. The third-order valence-electron chi connectivity index (χ3n) is 3.86. The number of halogens is 5. The highest BCUT2D eigenvalue weighted by atomic mass is 127. The third-order valence-corrected chi connectivity index (χ3v) is 8.99. The van der Waals surface area contributed by atoms with E-state index in [2.05, 4.69) is 29.5 Å². The SMILES string of the molecule is CC.CCI.O=[N+]([O-])c1ccc(Cl)c(S(=O)(=O)Cl)c1.O=[N+]([O-])c1ccc(Cl)c(SSc2cc([N+](=O)[O-])ccc2Cl)c1. The second-order valence-corrected chi connectivity index (χ2v) is 14.0. The van der Waals surface area contributed by atoms with Gasteiger partial charge in [0.25, 0.3) is 26.1 Å². The largest absolute Gasteiger partial charge is 0.270 e. The Kier molecular flexibility index (Phi) is 18.8. The summed E-state index contributed by atoms with van der Waals surface area (Å²) in [6.07, 6.45) is 0. The van der Waals surface area contributed by atoms with Crippen LogP contribution in [0.15, 0.2) is 69.3 Å². The molecule has 0 unspecified atom stereocenters. The maximum absolute atomic E-state index is 10.9. The van der Waals surface area contributed by atoms with Crippen molar-refractivity contribution in [2.24, 2.45) is 0 Å². The zero-order valence-corrected chi connectivity index (χ0v) is 28.8. The van der Waals surface area contributed by atoms with Crippen molar-refractivity contribution in [1.82, 2.24) is 0 Å². The van der Waals surface area contributed by atoms with E-state index in [1.165, 1.54) is 40.8 Å². The van der Waals surface area contributed by atoms with Gasteiger partial charge in [-0.1, -0.05) is 99.8 Å². The number of non-ortho nitro benzene ring substituents is 3. The molecule has 0 heterocycles. The van der Waals surface area contributed by atoms with Gasteiger partial charge in [0.05, 0.1) is 29.8 Å². The van der Waals surface area contributed by atoms with Gasteiger partial charge in [-0.2, -0.15) is 0 Å². The molecular weight excluding hydrogens is 799 g/mol. The van der Waals surface area contributed by atoms with Crippen molar-refractivity contribution in [2.75, 3.05) is 4.43 Å². The Balaban J connectivity index is 0.000000723. The summed E-state index contributed by atoms with van der Waals surface area (Å²) >= 11 is 19.8. The molecule has 41 heavy (non-hydrogen) atoms. The molecular formula is C22H20Cl4IN3O8S3. The molecule has 0 aromatic heterocycles. The number of rotatable bonds is 7. The molecule has 3 aromatic carbocycles. The topological polar surface area (TPSA) is 164 Å². The van der Waals surface area contributed by atoms with Crippen molar-refractivity contribution in [3.05, 3.63) is 100 Å². The molecule has 0 N–H and O–H groups in total. The van der Waals surface area contributed by atoms with Gasteiger partial charge in [0.1, 0.15) is 4.90 Å². The monoisotopic (exact) mass is 817 g/mol. The standard InChI is InChI=1S/C12H6Cl2N2O4S2.C6H3Cl2NO4S.C2H5I.C2H6/c13-9-3-1-7(15(17)18)5-11(9)21-22-12-6-8(16(19)20)2-4-10(12)14;7-5-2-1-4(9(10)11)3-6(5)14(8,12)13;1-2-3;1-2/h1-6H;1-3H;2H2,1H3;1-2H3. The lowest BCUT2D eigenvalue weighted by Crippen LogP contribution is -1.95. The molecule has 3 aromatic rings. The minimum atomic E-state index is -4.05. The van der Waals surface area contributed by atoms with Crippen molar-refractivity contribution < 1.29 is 23.2 Å². The van der Waals surface area contributed by atoms with Gasteiger partial charge in [-0.3, -0.25) is 30.3 Å². The lowest BCUT2D eigenvalue weighted by atomic mass is 10.3. The summed E-state index contributed by atoms with van der Waals surface area (Å²) in [6.45, 7) is 6.11.